The maximum absolute atomic E-state index is 11.6. The molecule has 0 aromatic carbocycles. The molecule has 0 bridgehead atoms. The van der Waals surface area contributed by atoms with Crippen LogP contribution in [0.25, 0.3) is 0 Å². The summed E-state index contributed by atoms with van der Waals surface area (Å²) in [7, 11) is 1.08. The predicted molar refractivity (Wildman–Crippen MR) is 43.9 cm³/mol. The van der Waals surface area contributed by atoms with Crippen molar-refractivity contribution >= 4 is 9.73 Å². The summed E-state index contributed by atoms with van der Waals surface area (Å²) in [6.07, 6.45) is 4.95. The van der Waals surface area contributed by atoms with E-state index in [9.17, 15) is 4.21 Å². The first-order valence-electron chi connectivity index (χ1n) is 3.15. The minimum Gasteiger partial charge on any atom is -0.326 e. The largest absolute Gasteiger partial charge is 0.326 e. The molecule has 0 aliphatic carbocycles. The number of aromatic nitrogens is 2. The molecule has 0 spiro atoms. The zero-order valence-electron chi connectivity index (χ0n) is 6.81. The summed E-state index contributed by atoms with van der Waals surface area (Å²) in [5, 5.41) is 0.528. The van der Waals surface area contributed by atoms with E-state index < -0.39 is 9.73 Å². The van der Waals surface area contributed by atoms with E-state index in [0.29, 0.717) is 5.16 Å². The first-order chi connectivity index (χ1) is 5.08. The van der Waals surface area contributed by atoms with Gasteiger partial charge in [0.2, 0.25) is 5.16 Å². The minimum absolute atomic E-state index is 0.528. The topological polar surface area (TPSA) is 47.2 Å². The highest BCUT2D eigenvalue weighted by Gasteiger charge is 2.08. The first kappa shape index (κ1) is 8.26. The van der Waals surface area contributed by atoms with Gasteiger partial charge in [0.05, 0.1) is 0 Å². The summed E-state index contributed by atoms with van der Waals surface area (Å²) in [5.74, 6) is 0. The van der Waals surface area contributed by atoms with E-state index in [2.05, 4.69) is 9.35 Å². The van der Waals surface area contributed by atoms with Crippen molar-refractivity contribution in [3.63, 3.8) is 0 Å². The fraction of sp³-hybridized carbons (Fsp3) is 0.500. The highest BCUT2D eigenvalue weighted by molar-refractivity contribution is 7.92. The van der Waals surface area contributed by atoms with Crippen LogP contribution in [0.3, 0.4) is 0 Å². The van der Waals surface area contributed by atoms with Gasteiger partial charge in [0.15, 0.2) is 0 Å². The van der Waals surface area contributed by atoms with Gasteiger partial charge >= 0.3 is 0 Å². The Balaban J connectivity index is 3.34. The van der Waals surface area contributed by atoms with E-state index in [4.69, 9.17) is 0 Å². The molecule has 1 atom stereocenters. The second-order valence-electron chi connectivity index (χ2n) is 2.31. The van der Waals surface area contributed by atoms with Crippen molar-refractivity contribution in [3.8, 4) is 0 Å². The Morgan fingerprint density at radius 3 is 2.73 bits per heavy atom. The Morgan fingerprint density at radius 1 is 1.73 bits per heavy atom. The van der Waals surface area contributed by atoms with Gasteiger partial charge in [0, 0.05) is 32.7 Å². The van der Waals surface area contributed by atoms with Gasteiger partial charge in [-0.3, -0.25) is 0 Å². The summed E-state index contributed by atoms with van der Waals surface area (Å²) >= 11 is 0. The standard InChI is InChI=1S/C6H11N3OS/c1-7-11(3,10)6-8-4-5-9(6)2/h4-5H,1-3H3. The lowest BCUT2D eigenvalue weighted by Crippen LogP contribution is -2.05. The Morgan fingerprint density at radius 2 is 2.36 bits per heavy atom. The van der Waals surface area contributed by atoms with Crippen LogP contribution in [-0.2, 0) is 16.8 Å². The van der Waals surface area contributed by atoms with Gasteiger partial charge < -0.3 is 4.57 Å². The molecule has 1 rings (SSSR count). The smallest absolute Gasteiger partial charge is 0.207 e. The minimum atomic E-state index is -2.26. The van der Waals surface area contributed by atoms with Crippen LogP contribution in [0, 0.1) is 0 Å². The van der Waals surface area contributed by atoms with E-state index in [0.717, 1.165) is 0 Å². The number of hydrogen-bond acceptors (Lipinski definition) is 3. The molecule has 1 aromatic heterocycles. The summed E-state index contributed by atoms with van der Waals surface area (Å²) in [5.41, 5.74) is 0. The Bertz CT molecular complexity index is 360. The van der Waals surface area contributed by atoms with Crippen molar-refractivity contribution < 1.29 is 4.21 Å². The third-order valence-corrected chi connectivity index (χ3v) is 3.23. The van der Waals surface area contributed by atoms with Crippen LogP contribution in [0.1, 0.15) is 0 Å². The third kappa shape index (κ3) is 1.42. The highest BCUT2D eigenvalue weighted by atomic mass is 32.2. The van der Waals surface area contributed by atoms with Crippen LogP contribution in [0.5, 0.6) is 0 Å². The van der Waals surface area contributed by atoms with Crippen molar-refractivity contribution in [1.29, 1.82) is 0 Å². The van der Waals surface area contributed by atoms with E-state index in [1.807, 2.05) is 0 Å². The predicted octanol–water partition coefficient (Wildman–Crippen LogP) is 0.507. The summed E-state index contributed by atoms with van der Waals surface area (Å²) in [6.45, 7) is 0. The second kappa shape index (κ2) is 2.65. The summed E-state index contributed by atoms with van der Waals surface area (Å²) in [4.78, 5) is 3.95. The Hall–Kier alpha value is -0.840. The first-order valence-corrected chi connectivity index (χ1v) is 5.08. The lowest BCUT2D eigenvalue weighted by Gasteiger charge is -2.00. The fourth-order valence-corrected chi connectivity index (χ4v) is 1.81. The molecular formula is C6H11N3OS. The maximum Gasteiger partial charge on any atom is 0.207 e. The van der Waals surface area contributed by atoms with Crippen LogP contribution < -0.4 is 0 Å². The van der Waals surface area contributed by atoms with Crippen molar-refractivity contribution in [1.82, 2.24) is 9.55 Å². The molecule has 0 N–H and O–H groups in total. The van der Waals surface area contributed by atoms with E-state index in [1.54, 1.807) is 30.3 Å². The molecule has 5 heteroatoms. The molecule has 0 aliphatic rings. The molecule has 1 unspecified atom stereocenters. The lowest BCUT2D eigenvalue weighted by molar-refractivity contribution is 0.661. The molecule has 0 fully saturated rings. The van der Waals surface area contributed by atoms with Gasteiger partial charge in [-0.15, -0.1) is 0 Å². The average molecular weight is 173 g/mol. The zero-order valence-corrected chi connectivity index (χ0v) is 7.63. The monoisotopic (exact) mass is 173 g/mol. The van der Waals surface area contributed by atoms with Crippen LogP contribution in [0.15, 0.2) is 21.9 Å². The molecule has 4 nitrogen and oxygen atoms in total. The number of rotatable bonds is 1. The number of imidazole rings is 1. The molecule has 0 radical (unpaired) electrons. The SMILES string of the molecule is CN=S(C)(=O)c1nccn1C. The van der Waals surface area contributed by atoms with Crippen LogP contribution in [0.4, 0.5) is 0 Å². The average Bonchev–Trinajstić information content (AvgIpc) is 2.36. The van der Waals surface area contributed by atoms with Crippen LogP contribution in [0.2, 0.25) is 0 Å². The molecule has 1 heterocycles. The number of aryl methyl sites for hydroxylation is 1. The number of hydrogen-bond donors (Lipinski definition) is 0. The molecule has 0 amide bonds. The molecule has 11 heavy (non-hydrogen) atoms. The lowest BCUT2D eigenvalue weighted by atomic mass is 10.9. The molecule has 0 aliphatic heterocycles. The second-order valence-corrected chi connectivity index (χ2v) is 4.64. The molecular weight excluding hydrogens is 162 g/mol. The summed E-state index contributed by atoms with van der Waals surface area (Å²) < 4.78 is 17.1. The normalized spacial score (nSPS) is 15.9. The Kier molecular flexibility index (Phi) is 1.99. The van der Waals surface area contributed by atoms with Gasteiger partial charge in [-0.25, -0.2) is 13.6 Å². The van der Waals surface area contributed by atoms with E-state index >= 15 is 0 Å². The maximum atomic E-state index is 11.6. The van der Waals surface area contributed by atoms with Gasteiger partial charge in [0.1, 0.15) is 9.73 Å². The number of nitrogens with zero attached hydrogens (tertiary/aromatic N) is 3. The molecule has 0 saturated heterocycles. The van der Waals surface area contributed by atoms with Gasteiger partial charge in [-0.2, -0.15) is 0 Å². The third-order valence-electron chi connectivity index (χ3n) is 1.46. The van der Waals surface area contributed by atoms with E-state index in [1.165, 1.54) is 7.05 Å². The van der Waals surface area contributed by atoms with Crippen molar-refractivity contribution in [2.24, 2.45) is 11.4 Å². The van der Waals surface area contributed by atoms with E-state index in [-0.39, 0.29) is 0 Å². The molecule has 1 aromatic rings. The van der Waals surface area contributed by atoms with Crippen molar-refractivity contribution in [2.45, 2.75) is 5.16 Å². The summed E-state index contributed by atoms with van der Waals surface area (Å²) in [6, 6.07) is 0. The zero-order chi connectivity index (χ0) is 8.48. The van der Waals surface area contributed by atoms with Gasteiger partial charge in [-0.05, 0) is 0 Å². The van der Waals surface area contributed by atoms with Gasteiger partial charge in [-0.1, -0.05) is 0 Å². The molecule has 0 saturated carbocycles. The van der Waals surface area contributed by atoms with Crippen molar-refractivity contribution in [3.05, 3.63) is 12.4 Å². The van der Waals surface area contributed by atoms with Gasteiger partial charge in [0.25, 0.3) is 0 Å². The highest BCUT2D eigenvalue weighted by Crippen LogP contribution is 2.05. The Labute approximate surface area is 66.4 Å². The van der Waals surface area contributed by atoms with Crippen LogP contribution in [-0.4, -0.2) is 27.1 Å². The molecule has 62 valence electrons. The fourth-order valence-electron chi connectivity index (χ4n) is 0.799. The van der Waals surface area contributed by atoms with Crippen LogP contribution >= 0.6 is 0 Å². The quantitative estimate of drug-likeness (QED) is 0.621. The van der Waals surface area contributed by atoms with Crippen molar-refractivity contribution in [2.75, 3.05) is 13.3 Å².